The number of halogens is 1. The Morgan fingerprint density at radius 3 is 2.58 bits per heavy atom. The van der Waals surface area contributed by atoms with E-state index in [9.17, 15) is 9.18 Å². The van der Waals surface area contributed by atoms with Gasteiger partial charge in [-0.25, -0.2) is 14.2 Å². The van der Waals surface area contributed by atoms with Crippen LogP contribution in [0.15, 0.2) is 79.5 Å². The molecule has 0 fully saturated rings. The maximum absolute atomic E-state index is 13.2. The molecular weight excluding hydrogens is 419 g/mol. The number of amides is 2. The Hall–Kier alpha value is -4.64. The number of benzene rings is 2. The Morgan fingerprint density at radius 1 is 1.06 bits per heavy atom. The van der Waals surface area contributed by atoms with Crippen LogP contribution < -0.4 is 16.4 Å². The van der Waals surface area contributed by atoms with Crippen LogP contribution in [0.25, 0.3) is 11.1 Å². The Morgan fingerprint density at radius 2 is 1.85 bits per heavy atom. The molecule has 7 nitrogen and oxygen atoms in total. The highest BCUT2D eigenvalue weighted by molar-refractivity contribution is 5.90. The largest absolute Gasteiger partial charge is 0.382 e. The molecule has 0 aliphatic heterocycles. The lowest BCUT2D eigenvalue weighted by molar-refractivity contribution is 0.251. The van der Waals surface area contributed by atoms with Crippen molar-refractivity contribution in [1.82, 2.24) is 19.9 Å². The van der Waals surface area contributed by atoms with Crippen LogP contribution >= 0.6 is 0 Å². The molecule has 2 aromatic carbocycles. The number of hydrogen-bond donors (Lipinski definition) is 3. The number of rotatable bonds is 5. The van der Waals surface area contributed by atoms with Crippen LogP contribution in [-0.2, 0) is 6.54 Å². The molecule has 4 rings (SSSR count). The second-order valence-electron chi connectivity index (χ2n) is 7.17. The van der Waals surface area contributed by atoms with Crippen LogP contribution in [0.2, 0.25) is 0 Å². The highest BCUT2D eigenvalue weighted by atomic mass is 19.1. The molecule has 4 aromatic rings. The standard InChI is InChI=1S/C25H21FN6O/c26-21-5-2-18(3-6-21)1-4-20-15-22(7-8-23(20)19-9-11-28-12-10-19)31-25(33)29-13-14-32-16-24(27)30-17-32/h2-3,5-12,15-17H,13-14,27H2,(H2,29,31,33). The monoisotopic (exact) mass is 440 g/mol. The quantitative estimate of drug-likeness (QED) is 0.410. The number of carbonyl (C=O) groups is 1. The Bertz CT molecular complexity index is 1310. The number of imidazole rings is 1. The van der Waals surface area contributed by atoms with Crippen LogP contribution in [-0.4, -0.2) is 27.1 Å². The van der Waals surface area contributed by atoms with Gasteiger partial charge in [0.25, 0.3) is 0 Å². The van der Waals surface area contributed by atoms with E-state index in [1.54, 1.807) is 41.6 Å². The molecule has 0 aliphatic rings. The lowest BCUT2D eigenvalue weighted by atomic mass is 10.00. The Balaban J connectivity index is 1.51. The molecule has 0 atom stereocenters. The summed E-state index contributed by atoms with van der Waals surface area (Å²) >= 11 is 0. The molecule has 4 N–H and O–H groups in total. The number of nitrogens with one attached hydrogen (secondary N) is 2. The van der Waals surface area contributed by atoms with Gasteiger partial charge in [-0.05, 0) is 59.7 Å². The normalized spacial score (nSPS) is 10.2. The molecule has 0 spiro atoms. The molecule has 2 aromatic heterocycles. The third-order valence-corrected chi connectivity index (χ3v) is 4.76. The fourth-order valence-electron chi connectivity index (χ4n) is 3.15. The van der Waals surface area contributed by atoms with Gasteiger partial charge in [-0.15, -0.1) is 0 Å². The van der Waals surface area contributed by atoms with Crippen molar-refractivity contribution in [1.29, 1.82) is 0 Å². The number of carbonyl (C=O) groups excluding carboxylic acids is 1. The van der Waals surface area contributed by atoms with Crippen LogP contribution in [0.1, 0.15) is 11.1 Å². The zero-order valence-electron chi connectivity index (χ0n) is 17.6. The zero-order chi connectivity index (χ0) is 23.0. The molecule has 2 amide bonds. The molecule has 164 valence electrons. The number of hydrogen-bond acceptors (Lipinski definition) is 4. The summed E-state index contributed by atoms with van der Waals surface area (Å²) in [6, 6.07) is 14.9. The fraction of sp³-hybridized carbons (Fsp3) is 0.0800. The molecule has 2 heterocycles. The van der Waals surface area contributed by atoms with E-state index in [1.165, 1.54) is 12.1 Å². The van der Waals surface area contributed by atoms with Crippen molar-refractivity contribution in [2.75, 3.05) is 17.6 Å². The minimum atomic E-state index is -0.336. The first-order valence-corrected chi connectivity index (χ1v) is 10.2. The SMILES string of the molecule is Nc1cn(CCNC(=O)Nc2ccc(-c3ccncc3)c(C#Cc3ccc(F)cc3)c2)cn1. The van der Waals surface area contributed by atoms with Crippen LogP contribution in [0.5, 0.6) is 0 Å². The molecule has 0 saturated heterocycles. The van der Waals surface area contributed by atoms with Crippen LogP contribution in [0.3, 0.4) is 0 Å². The maximum Gasteiger partial charge on any atom is 0.319 e. The van der Waals surface area contributed by atoms with Gasteiger partial charge >= 0.3 is 6.03 Å². The first-order valence-electron chi connectivity index (χ1n) is 10.2. The van der Waals surface area contributed by atoms with Gasteiger partial charge < -0.3 is 20.9 Å². The van der Waals surface area contributed by atoms with Gasteiger partial charge in [0.05, 0.1) is 6.33 Å². The highest BCUT2D eigenvalue weighted by Crippen LogP contribution is 2.25. The summed E-state index contributed by atoms with van der Waals surface area (Å²) in [6.07, 6.45) is 6.72. The summed E-state index contributed by atoms with van der Waals surface area (Å²) < 4.78 is 15.0. The minimum absolute atomic E-state index is 0.313. The van der Waals surface area contributed by atoms with Gasteiger partial charge in [-0.3, -0.25) is 4.98 Å². The van der Waals surface area contributed by atoms with E-state index in [4.69, 9.17) is 5.73 Å². The number of nitrogen functional groups attached to an aromatic ring is 1. The van der Waals surface area contributed by atoms with Gasteiger partial charge in [-0.1, -0.05) is 17.9 Å². The molecular formula is C25H21FN6O. The van der Waals surface area contributed by atoms with E-state index in [-0.39, 0.29) is 11.8 Å². The number of anilines is 2. The summed E-state index contributed by atoms with van der Waals surface area (Å²) in [5.41, 5.74) is 9.44. The molecule has 0 saturated carbocycles. The van der Waals surface area contributed by atoms with Crippen molar-refractivity contribution in [3.63, 3.8) is 0 Å². The van der Waals surface area contributed by atoms with Crippen molar-refractivity contribution in [3.05, 3.63) is 96.5 Å². The average molecular weight is 440 g/mol. The summed E-state index contributed by atoms with van der Waals surface area (Å²) in [4.78, 5) is 20.3. The maximum atomic E-state index is 13.2. The van der Waals surface area contributed by atoms with Gasteiger partial charge in [0.1, 0.15) is 11.6 Å². The van der Waals surface area contributed by atoms with Crippen molar-refractivity contribution in [2.24, 2.45) is 0 Å². The van der Waals surface area contributed by atoms with E-state index in [1.807, 2.05) is 30.3 Å². The van der Waals surface area contributed by atoms with Crippen molar-refractivity contribution < 1.29 is 9.18 Å². The summed E-state index contributed by atoms with van der Waals surface area (Å²) in [5.74, 6) is 6.32. The number of aromatic nitrogens is 3. The molecule has 8 heteroatoms. The number of nitrogens with zero attached hydrogens (tertiary/aromatic N) is 3. The molecule has 33 heavy (non-hydrogen) atoms. The van der Waals surface area contributed by atoms with Crippen molar-refractivity contribution in [2.45, 2.75) is 6.54 Å². The third-order valence-electron chi connectivity index (χ3n) is 4.76. The summed E-state index contributed by atoms with van der Waals surface area (Å²) in [5, 5.41) is 5.63. The van der Waals surface area contributed by atoms with E-state index in [2.05, 4.69) is 32.4 Å². The molecule has 0 unspecified atom stereocenters. The van der Waals surface area contributed by atoms with Gasteiger partial charge in [-0.2, -0.15) is 0 Å². The second-order valence-corrected chi connectivity index (χ2v) is 7.17. The highest BCUT2D eigenvalue weighted by Gasteiger charge is 2.08. The fourth-order valence-corrected chi connectivity index (χ4v) is 3.15. The molecule has 0 radical (unpaired) electrons. The predicted octanol–water partition coefficient (Wildman–Crippen LogP) is 3.89. The summed E-state index contributed by atoms with van der Waals surface area (Å²) in [7, 11) is 0. The van der Waals surface area contributed by atoms with Crippen molar-refractivity contribution >= 4 is 17.5 Å². The van der Waals surface area contributed by atoms with Gasteiger partial charge in [0.15, 0.2) is 0 Å². The summed E-state index contributed by atoms with van der Waals surface area (Å²) in [6.45, 7) is 0.959. The van der Waals surface area contributed by atoms with Crippen LogP contribution in [0.4, 0.5) is 20.7 Å². The minimum Gasteiger partial charge on any atom is -0.382 e. The smallest absolute Gasteiger partial charge is 0.319 e. The van der Waals surface area contributed by atoms with Crippen LogP contribution in [0, 0.1) is 17.7 Å². The first kappa shape index (κ1) is 21.6. The van der Waals surface area contributed by atoms with E-state index >= 15 is 0 Å². The third kappa shape index (κ3) is 5.95. The lowest BCUT2D eigenvalue weighted by Gasteiger charge is -2.11. The molecule has 0 bridgehead atoms. The number of pyridine rings is 1. The van der Waals surface area contributed by atoms with E-state index in [0.717, 1.165) is 16.7 Å². The predicted molar refractivity (Wildman–Crippen MR) is 126 cm³/mol. The van der Waals surface area contributed by atoms with Crippen molar-refractivity contribution in [3.8, 4) is 23.0 Å². The second kappa shape index (κ2) is 10.1. The zero-order valence-corrected chi connectivity index (χ0v) is 17.6. The Kier molecular flexibility index (Phi) is 6.61. The van der Waals surface area contributed by atoms with E-state index in [0.29, 0.717) is 30.2 Å². The average Bonchev–Trinajstić information content (AvgIpc) is 3.24. The molecule has 0 aliphatic carbocycles. The Labute approximate surface area is 190 Å². The number of nitrogens with two attached hydrogens (primary N) is 1. The lowest BCUT2D eigenvalue weighted by Crippen LogP contribution is -2.31. The topological polar surface area (TPSA) is 97.9 Å². The van der Waals surface area contributed by atoms with E-state index < -0.39 is 0 Å². The first-order chi connectivity index (χ1) is 16.1. The van der Waals surface area contributed by atoms with Gasteiger partial charge in [0.2, 0.25) is 0 Å². The van der Waals surface area contributed by atoms with Gasteiger partial charge in [0, 0.05) is 48.5 Å². The number of urea groups is 1.